The van der Waals surface area contributed by atoms with Gasteiger partial charge in [0.2, 0.25) is 5.76 Å². The molecule has 42 heavy (non-hydrogen) atoms. The van der Waals surface area contributed by atoms with Gasteiger partial charge in [-0.05, 0) is 38.9 Å². The van der Waals surface area contributed by atoms with E-state index < -0.39 is 64.8 Å². The first kappa shape index (κ1) is 35.2. The fourth-order valence-electron chi connectivity index (χ4n) is 3.05. The van der Waals surface area contributed by atoms with Crippen molar-refractivity contribution in [2.45, 2.75) is 48.9 Å². The third kappa shape index (κ3) is 8.61. The molecule has 18 nitrogen and oxygen atoms in total. The van der Waals surface area contributed by atoms with Crippen LogP contribution in [0.5, 0.6) is 0 Å². The molecule has 0 spiro atoms. The SMILES string of the molecule is C=CC(=O)OOC(=O)C(=C)OC(=O)C(N)(OC(=O)C=C)C(CCCN)OC(=O)C(N)(OC(=O)C=C)C1(CCCN)N=N1. The Balaban J connectivity index is 3.45. The molecule has 0 aromatic carbocycles. The summed E-state index contributed by atoms with van der Waals surface area (Å²) in [5.41, 5.74) is 15.8. The maximum absolute atomic E-state index is 13.5. The Kier molecular flexibility index (Phi) is 12.8. The first-order chi connectivity index (χ1) is 19.7. The summed E-state index contributed by atoms with van der Waals surface area (Å²) < 4.78 is 20.2. The van der Waals surface area contributed by atoms with E-state index in [4.69, 9.17) is 41.9 Å². The molecule has 1 rings (SSSR count). The van der Waals surface area contributed by atoms with E-state index in [0.29, 0.717) is 18.2 Å². The van der Waals surface area contributed by atoms with E-state index in [1.165, 1.54) is 0 Å². The highest BCUT2D eigenvalue weighted by atomic mass is 17.2. The van der Waals surface area contributed by atoms with Crippen LogP contribution >= 0.6 is 0 Å². The van der Waals surface area contributed by atoms with Crippen molar-refractivity contribution in [1.29, 1.82) is 0 Å². The summed E-state index contributed by atoms with van der Waals surface area (Å²) in [4.78, 5) is 82.3. The highest BCUT2D eigenvalue weighted by molar-refractivity contribution is 5.94. The quantitative estimate of drug-likeness (QED) is 0.0267. The molecular formula is C24H32N6O12. The molecule has 0 saturated carbocycles. The largest absolute Gasteiger partial charge is 0.452 e. The number of nitrogens with two attached hydrogens (primary N) is 4. The van der Waals surface area contributed by atoms with Crippen LogP contribution in [0, 0.1) is 0 Å². The van der Waals surface area contributed by atoms with Gasteiger partial charge in [-0.15, -0.1) is 0 Å². The van der Waals surface area contributed by atoms with E-state index in [1.54, 1.807) is 0 Å². The van der Waals surface area contributed by atoms with Crippen molar-refractivity contribution in [2.75, 3.05) is 13.1 Å². The van der Waals surface area contributed by atoms with Crippen molar-refractivity contribution in [3.05, 3.63) is 50.3 Å². The Morgan fingerprint density at radius 2 is 1.36 bits per heavy atom. The lowest BCUT2D eigenvalue weighted by Gasteiger charge is -2.37. The third-order valence-corrected chi connectivity index (χ3v) is 5.36. The molecule has 0 fully saturated rings. The summed E-state index contributed by atoms with van der Waals surface area (Å²) in [6.07, 6.45) is -0.231. The minimum absolute atomic E-state index is 0.00655. The van der Waals surface area contributed by atoms with Crippen LogP contribution in [-0.2, 0) is 57.5 Å². The summed E-state index contributed by atoms with van der Waals surface area (Å²) in [5.74, 6) is -9.59. The molecule has 0 amide bonds. The number of nitrogens with zero attached hydrogens (tertiary/aromatic N) is 2. The monoisotopic (exact) mass is 596 g/mol. The number of esters is 4. The van der Waals surface area contributed by atoms with E-state index in [2.05, 4.69) is 46.3 Å². The molecule has 0 aliphatic carbocycles. The molecule has 1 aliphatic heterocycles. The average molecular weight is 597 g/mol. The van der Waals surface area contributed by atoms with E-state index >= 15 is 0 Å². The number of hydrogen-bond donors (Lipinski definition) is 4. The minimum atomic E-state index is -3.04. The van der Waals surface area contributed by atoms with Gasteiger partial charge in [0.1, 0.15) is 0 Å². The van der Waals surface area contributed by atoms with Crippen molar-refractivity contribution < 1.29 is 57.5 Å². The Morgan fingerprint density at radius 1 is 0.810 bits per heavy atom. The maximum Gasteiger partial charge on any atom is 0.420 e. The number of ether oxygens (including phenoxy) is 4. The molecule has 230 valence electrons. The maximum atomic E-state index is 13.5. The first-order valence-electron chi connectivity index (χ1n) is 12.0. The number of carbonyl (C=O) groups is 6. The zero-order chi connectivity index (χ0) is 32.1. The topological polar surface area (TPSA) is 287 Å². The molecule has 0 aromatic heterocycles. The van der Waals surface area contributed by atoms with Crippen molar-refractivity contribution in [3.8, 4) is 0 Å². The van der Waals surface area contributed by atoms with Gasteiger partial charge in [0.25, 0.3) is 11.4 Å². The molecule has 8 N–H and O–H groups in total. The first-order valence-corrected chi connectivity index (χ1v) is 12.0. The highest BCUT2D eigenvalue weighted by Gasteiger charge is 2.67. The molecule has 1 heterocycles. The fourth-order valence-corrected chi connectivity index (χ4v) is 3.05. The van der Waals surface area contributed by atoms with Gasteiger partial charge < -0.3 is 30.4 Å². The van der Waals surface area contributed by atoms with Crippen molar-refractivity contribution in [1.82, 2.24) is 0 Å². The Labute approximate surface area is 239 Å². The molecular weight excluding hydrogens is 564 g/mol. The molecule has 3 atom stereocenters. The van der Waals surface area contributed by atoms with Gasteiger partial charge in [0, 0.05) is 24.6 Å². The standard InChI is InChI=1S/C24H32N6O12/c1-5-16(31)39-23(27,20(35)37-14(4)19(34)42-41-18(33)7-3)15(10-8-12-25)38-21(36)24(28,40-17(32)6-2)22(29-30-22)11-9-13-26/h5-7,15H,1-4,8-13,25-28H2. The summed E-state index contributed by atoms with van der Waals surface area (Å²) in [6, 6.07) is 0. The van der Waals surface area contributed by atoms with Crippen molar-refractivity contribution in [3.63, 3.8) is 0 Å². The van der Waals surface area contributed by atoms with Gasteiger partial charge in [-0.1, -0.05) is 19.7 Å². The van der Waals surface area contributed by atoms with E-state index in [9.17, 15) is 28.8 Å². The number of rotatable bonds is 18. The normalized spacial score (nSPS) is 16.1. The summed E-state index contributed by atoms with van der Waals surface area (Å²) >= 11 is 0. The zero-order valence-corrected chi connectivity index (χ0v) is 22.5. The van der Waals surface area contributed by atoms with Gasteiger partial charge >= 0.3 is 41.5 Å². The van der Waals surface area contributed by atoms with Crippen molar-refractivity contribution >= 4 is 35.8 Å². The lowest BCUT2D eigenvalue weighted by atomic mass is 9.94. The van der Waals surface area contributed by atoms with E-state index in [0.717, 1.165) is 0 Å². The highest BCUT2D eigenvalue weighted by Crippen LogP contribution is 2.44. The molecule has 18 heteroatoms. The van der Waals surface area contributed by atoms with Crippen LogP contribution in [0.25, 0.3) is 0 Å². The molecule has 1 aliphatic rings. The second-order valence-electron chi connectivity index (χ2n) is 8.30. The van der Waals surface area contributed by atoms with Crippen LogP contribution in [0.1, 0.15) is 25.7 Å². The summed E-state index contributed by atoms with van der Waals surface area (Å²) in [6.45, 7) is 12.7. The van der Waals surface area contributed by atoms with Crippen LogP contribution in [0.4, 0.5) is 0 Å². The predicted octanol–water partition coefficient (Wildman–Crippen LogP) is -1.45. The second-order valence-corrected chi connectivity index (χ2v) is 8.30. The Hall–Kier alpha value is -4.78. The average Bonchev–Trinajstić information content (AvgIpc) is 3.77. The van der Waals surface area contributed by atoms with Gasteiger partial charge in [-0.3, -0.25) is 11.5 Å². The Morgan fingerprint density at radius 3 is 1.86 bits per heavy atom. The predicted molar refractivity (Wildman–Crippen MR) is 138 cm³/mol. The van der Waals surface area contributed by atoms with Crippen molar-refractivity contribution in [2.24, 2.45) is 33.2 Å². The van der Waals surface area contributed by atoms with Crippen LogP contribution < -0.4 is 22.9 Å². The lowest BCUT2D eigenvalue weighted by Crippen LogP contribution is -2.67. The van der Waals surface area contributed by atoms with Gasteiger partial charge in [-0.2, -0.15) is 10.2 Å². The molecule has 0 radical (unpaired) electrons. The summed E-state index contributed by atoms with van der Waals surface area (Å²) in [5, 5.41) is 7.52. The van der Waals surface area contributed by atoms with Crippen LogP contribution in [0.2, 0.25) is 0 Å². The van der Waals surface area contributed by atoms with Crippen LogP contribution in [0.3, 0.4) is 0 Å². The third-order valence-electron chi connectivity index (χ3n) is 5.36. The van der Waals surface area contributed by atoms with E-state index in [1.807, 2.05) is 0 Å². The zero-order valence-electron chi connectivity index (χ0n) is 22.5. The molecule has 0 bridgehead atoms. The smallest absolute Gasteiger partial charge is 0.420 e. The fraction of sp³-hybridized carbons (Fsp3) is 0.417. The lowest BCUT2D eigenvalue weighted by molar-refractivity contribution is -0.254. The second kappa shape index (κ2) is 15.3. The van der Waals surface area contributed by atoms with Crippen LogP contribution in [0.15, 0.2) is 60.5 Å². The van der Waals surface area contributed by atoms with Crippen LogP contribution in [-0.4, -0.2) is 72.1 Å². The van der Waals surface area contributed by atoms with Gasteiger partial charge in [0.15, 0.2) is 6.10 Å². The molecule has 0 saturated heterocycles. The van der Waals surface area contributed by atoms with E-state index in [-0.39, 0.29) is 38.8 Å². The summed E-state index contributed by atoms with van der Waals surface area (Å²) in [7, 11) is 0. The minimum Gasteiger partial charge on any atom is -0.452 e. The van der Waals surface area contributed by atoms with Gasteiger partial charge in [0.05, 0.1) is 0 Å². The molecule has 3 unspecified atom stereocenters. The Bertz CT molecular complexity index is 1160. The molecule has 0 aromatic rings. The number of carbonyl (C=O) groups excluding carboxylic acids is 6. The van der Waals surface area contributed by atoms with Gasteiger partial charge in [-0.25, -0.2) is 38.5 Å². The number of hydrogen-bond acceptors (Lipinski definition) is 18.